The third-order valence-electron chi connectivity index (χ3n) is 4.78. The topological polar surface area (TPSA) is 114 Å². The maximum absolute atomic E-state index is 13.6. The minimum Gasteiger partial charge on any atom is -0.494 e. The van der Waals surface area contributed by atoms with Crippen molar-refractivity contribution in [1.29, 1.82) is 5.26 Å². The molecule has 0 bridgehead atoms. The van der Waals surface area contributed by atoms with Crippen molar-refractivity contribution in [2.24, 2.45) is 5.73 Å². The summed E-state index contributed by atoms with van der Waals surface area (Å²) >= 11 is 1.03. The number of rotatable bonds is 11. The number of nitrogens with zero attached hydrogens (tertiary/aromatic N) is 3. The number of halogens is 3. The molecule has 7 nitrogen and oxygen atoms in total. The van der Waals surface area contributed by atoms with E-state index in [1.165, 1.54) is 12.1 Å². The van der Waals surface area contributed by atoms with E-state index in [4.69, 9.17) is 25.6 Å². The molecule has 1 aromatic heterocycles. The van der Waals surface area contributed by atoms with Gasteiger partial charge in [-0.15, -0.1) is 10.2 Å². The van der Waals surface area contributed by atoms with Crippen LogP contribution in [0.1, 0.15) is 41.4 Å². The lowest BCUT2D eigenvalue weighted by molar-refractivity contribution is -0.138. The molecule has 34 heavy (non-hydrogen) atoms. The smallest absolute Gasteiger partial charge is 0.419 e. The van der Waals surface area contributed by atoms with Gasteiger partial charge in [0.2, 0.25) is 0 Å². The number of aliphatic hydroxyl groups is 1. The second-order valence-electron chi connectivity index (χ2n) is 7.34. The third-order valence-corrected chi connectivity index (χ3v) is 5.89. The van der Waals surface area contributed by atoms with E-state index in [9.17, 15) is 13.2 Å². The molecule has 180 valence electrons. The standard InChI is InChI=1S/C23H23F3N4O3S/c24-23(25,26)18-12-16(21-29-30-22(34-21)19(28)14-31)6-9-20(18)33-11-3-1-2-10-32-17-7-4-15(13-27)5-8-17/h4-9,12,19,31H,1-3,10-11,14,28H2. The summed E-state index contributed by atoms with van der Waals surface area (Å²) in [5.41, 5.74) is 5.59. The van der Waals surface area contributed by atoms with Crippen molar-refractivity contribution in [2.45, 2.75) is 31.5 Å². The van der Waals surface area contributed by atoms with Crippen LogP contribution in [0.5, 0.6) is 11.5 Å². The zero-order chi connectivity index (χ0) is 24.6. The third kappa shape index (κ3) is 6.90. The van der Waals surface area contributed by atoms with Crippen LogP contribution in [0, 0.1) is 11.3 Å². The van der Waals surface area contributed by atoms with Crippen LogP contribution in [0.2, 0.25) is 0 Å². The summed E-state index contributed by atoms with van der Waals surface area (Å²) in [6.07, 6.45) is -2.61. The Bertz CT molecular complexity index is 1110. The molecule has 3 N–H and O–H groups in total. The Labute approximate surface area is 198 Å². The van der Waals surface area contributed by atoms with E-state index in [0.717, 1.165) is 17.4 Å². The molecular formula is C23H23F3N4O3S. The molecular weight excluding hydrogens is 469 g/mol. The Balaban J connectivity index is 1.51. The van der Waals surface area contributed by atoms with Gasteiger partial charge in [0.05, 0.1) is 43.1 Å². The van der Waals surface area contributed by atoms with Gasteiger partial charge in [0.1, 0.15) is 21.5 Å². The van der Waals surface area contributed by atoms with Gasteiger partial charge < -0.3 is 20.3 Å². The van der Waals surface area contributed by atoms with Crippen molar-refractivity contribution in [1.82, 2.24) is 10.2 Å². The molecule has 1 heterocycles. The number of nitrogens with two attached hydrogens (primary N) is 1. The number of hydrogen-bond donors (Lipinski definition) is 2. The van der Waals surface area contributed by atoms with Gasteiger partial charge in [-0.1, -0.05) is 11.3 Å². The van der Waals surface area contributed by atoms with Gasteiger partial charge in [0, 0.05) is 5.56 Å². The van der Waals surface area contributed by atoms with Crippen molar-refractivity contribution in [2.75, 3.05) is 19.8 Å². The van der Waals surface area contributed by atoms with Crippen molar-refractivity contribution in [3.63, 3.8) is 0 Å². The van der Waals surface area contributed by atoms with E-state index < -0.39 is 17.8 Å². The highest BCUT2D eigenvalue weighted by molar-refractivity contribution is 7.14. The van der Waals surface area contributed by atoms with Crippen molar-refractivity contribution in [3.8, 4) is 28.1 Å². The van der Waals surface area contributed by atoms with Crippen LogP contribution in [-0.2, 0) is 6.18 Å². The van der Waals surface area contributed by atoms with Gasteiger partial charge in [-0.3, -0.25) is 0 Å². The van der Waals surface area contributed by atoms with Crippen LogP contribution < -0.4 is 15.2 Å². The summed E-state index contributed by atoms with van der Waals surface area (Å²) in [6, 6.07) is 11.8. The molecule has 0 aliphatic rings. The van der Waals surface area contributed by atoms with Crippen molar-refractivity contribution >= 4 is 11.3 Å². The molecule has 11 heteroatoms. The van der Waals surface area contributed by atoms with Crippen LogP contribution in [0.4, 0.5) is 13.2 Å². The van der Waals surface area contributed by atoms with E-state index in [1.807, 2.05) is 6.07 Å². The van der Waals surface area contributed by atoms with Crippen LogP contribution in [0.15, 0.2) is 42.5 Å². The minimum absolute atomic E-state index is 0.133. The summed E-state index contributed by atoms with van der Waals surface area (Å²) in [4.78, 5) is 0. The number of unbranched alkanes of at least 4 members (excludes halogenated alkanes) is 2. The van der Waals surface area contributed by atoms with E-state index in [0.29, 0.717) is 42.2 Å². The number of nitriles is 1. The van der Waals surface area contributed by atoms with Crippen LogP contribution in [0.25, 0.3) is 10.6 Å². The first-order chi connectivity index (χ1) is 16.3. The molecule has 0 spiro atoms. The van der Waals surface area contributed by atoms with E-state index in [-0.39, 0.29) is 29.5 Å². The zero-order valence-electron chi connectivity index (χ0n) is 18.1. The Morgan fingerprint density at radius 2 is 1.74 bits per heavy atom. The predicted molar refractivity (Wildman–Crippen MR) is 120 cm³/mol. The fourth-order valence-corrected chi connectivity index (χ4v) is 3.80. The monoisotopic (exact) mass is 492 g/mol. The summed E-state index contributed by atoms with van der Waals surface area (Å²) in [5.74, 6) is 0.410. The van der Waals surface area contributed by atoms with Crippen LogP contribution in [0.3, 0.4) is 0 Å². The molecule has 0 saturated heterocycles. The van der Waals surface area contributed by atoms with Gasteiger partial charge in [-0.25, -0.2) is 0 Å². The summed E-state index contributed by atoms with van der Waals surface area (Å²) < 4.78 is 51.9. The fraction of sp³-hybridized carbons (Fsp3) is 0.348. The molecule has 0 aliphatic heterocycles. The fourth-order valence-electron chi connectivity index (χ4n) is 2.97. The highest BCUT2D eigenvalue weighted by Crippen LogP contribution is 2.39. The van der Waals surface area contributed by atoms with Gasteiger partial charge in [0.25, 0.3) is 0 Å². The molecule has 3 rings (SSSR count). The molecule has 1 atom stereocenters. The Morgan fingerprint density at radius 1 is 1.03 bits per heavy atom. The van der Waals surface area contributed by atoms with E-state index in [2.05, 4.69) is 10.2 Å². The Morgan fingerprint density at radius 3 is 2.38 bits per heavy atom. The maximum Gasteiger partial charge on any atom is 0.419 e. The molecule has 0 fully saturated rings. The van der Waals surface area contributed by atoms with Crippen LogP contribution in [-0.4, -0.2) is 35.1 Å². The van der Waals surface area contributed by atoms with E-state index >= 15 is 0 Å². The molecule has 3 aromatic rings. The van der Waals surface area contributed by atoms with Crippen LogP contribution >= 0.6 is 11.3 Å². The van der Waals surface area contributed by atoms with Gasteiger partial charge in [-0.2, -0.15) is 18.4 Å². The first-order valence-corrected chi connectivity index (χ1v) is 11.3. The zero-order valence-corrected chi connectivity index (χ0v) is 18.9. The first-order valence-electron chi connectivity index (χ1n) is 10.5. The van der Waals surface area contributed by atoms with Crippen molar-refractivity contribution < 1.29 is 27.8 Å². The average molecular weight is 493 g/mol. The largest absolute Gasteiger partial charge is 0.494 e. The average Bonchev–Trinajstić information content (AvgIpc) is 3.33. The number of alkyl halides is 3. The lowest BCUT2D eigenvalue weighted by atomic mass is 10.1. The SMILES string of the molecule is N#Cc1ccc(OCCCCCOc2ccc(-c3nnc(C(N)CO)s3)cc2C(F)(F)F)cc1. The molecule has 0 aliphatic carbocycles. The molecule has 0 saturated carbocycles. The minimum atomic E-state index is -4.60. The maximum atomic E-state index is 13.6. The molecule has 1 unspecified atom stereocenters. The number of aromatic nitrogens is 2. The molecule has 0 amide bonds. The second kappa shape index (κ2) is 11.8. The first kappa shape index (κ1) is 25.4. The van der Waals surface area contributed by atoms with Crippen molar-refractivity contribution in [3.05, 3.63) is 58.6 Å². The Hall–Kier alpha value is -3.20. The Kier molecular flexibility index (Phi) is 8.81. The quantitative estimate of drug-likeness (QED) is 0.372. The summed E-state index contributed by atoms with van der Waals surface area (Å²) in [7, 11) is 0. The van der Waals surface area contributed by atoms with Gasteiger partial charge in [0.15, 0.2) is 0 Å². The van der Waals surface area contributed by atoms with Gasteiger partial charge in [-0.05, 0) is 61.7 Å². The predicted octanol–water partition coefficient (Wildman–Crippen LogP) is 4.72. The number of aliphatic hydroxyl groups excluding tert-OH is 1. The highest BCUT2D eigenvalue weighted by Gasteiger charge is 2.35. The van der Waals surface area contributed by atoms with E-state index in [1.54, 1.807) is 24.3 Å². The normalized spacial score (nSPS) is 12.2. The lowest BCUT2D eigenvalue weighted by Crippen LogP contribution is -2.13. The molecule has 2 aromatic carbocycles. The highest BCUT2D eigenvalue weighted by atomic mass is 32.1. The second-order valence-corrected chi connectivity index (χ2v) is 8.35. The molecule has 0 radical (unpaired) electrons. The van der Waals surface area contributed by atoms with Gasteiger partial charge >= 0.3 is 6.18 Å². The summed E-state index contributed by atoms with van der Waals surface area (Å²) in [5, 5.41) is 26.2. The number of ether oxygens (including phenoxy) is 2. The summed E-state index contributed by atoms with van der Waals surface area (Å²) in [6.45, 7) is 0.253. The lowest BCUT2D eigenvalue weighted by Gasteiger charge is -2.15. The number of benzene rings is 2. The number of hydrogen-bond acceptors (Lipinski definition) is 8.